The van der Waals surface area contributed by atoms with Gasteiger partial charge < -0.3 is 20.5 Å². The minimum absolute atomic E-state index is 0.259. The zero-order valence-corrected chi connectivity index (χ0v) is 10.4. The maximum Gasteiger partial charge on any atom is 0.142 e. The second-order valence-electron chi connectivity index (χ2n) is 4.72. The highest BCUT2D eigenvalue weighted by Crippen LogP contribution is 2.35. The monoisotopic (exact) mass is 236 g/mol. The quantitative estimate of drug-likeness (QED) is 0.776. The van der Waals surface area contributed by atoms with Crippen molar-refractivity contribution in [1.29, 1.82) is 0 Å². The Morgan fingerprint density at radius 3 is 2.88 bits per heavy atom. The molecule has 0 amide bonds. The van der Waals surface area contributed by atoms with Crippen LogP contribution in [0.5, 0.6) is 5.75 Å². The first kappa shape index (κ1) is 12.2. The van der Waals surface area contributed by atoms with Crippen molar-refractivity contribution < 1.29 is 9.84 Å². The van der Waals surface area contributed by atoms with Gasteiger partial charge in [-0.3, -0.25) is 0 Å². The number of benzene rings is 1. The van der Waals surface area contributed by atoms with Crippen LogP contribution in [0.2, 0.25) is 0 Å². The van der Waals surface area contributed by atoms with Crippen LogP contribution in [0.3, 0.4) is 0 Å². The normalized spacial score (nSPS) is 22.6. The lowest BCUT2D eigenvalue weighted by atomic mass is 9.94. The van der Waals surface area contributed by atoms with Gasteiger partial charge >= 0.3 is 0 Å². The molecular formula is C13H20N2O2. The Bertz CT molecular complexity index is 395. The molecule has 0 spiro atoms. The number of nitrogens with zero attached hydrogens (tertiary/aromatic N) is 1. The second kappa shape index (κ2) is 4.94. The van der Waals surface area contributed by atoms with Gasteiger partial charge in [-0.2, -0.15) is 0 Å². The predicted molar refractivity (Wildman–Crippen MR) is 68.0 cm³/mol. The molecule has 0 radical (unpaired) electrons. The Labute approximate surface area is 102 Å². The summed E-state index contributed by atoms with van der Waals surface area (Å²) in [7, 11) is 3.66. The number of nitrogens with two attached hydrogens (primary N) is 1. The van der Waals surface area contributed by atoms with Crippen molar-refractivity contribution in [3.8, 4) is 5.75 Å². The zero-order valence-electron chi connectivity index (χ0n) is 10.4. The minimum atomic E-state index is -0.505. The van der Waals surface area contributed by atoms with E-state index in [0.29, 0.717) is 11.4 Å². The summed E-state index contributed by atoms with van der Waals surface area (Å²) in [6, 6.07) is 5.56. The van der Waals surface area contributed by atoms with Crippen LogP contribution in [0, 0.1) is 5.92 Å². The van der Waals surface area contributed by atoms with Crippen LogP contribution in [0.1, 0.15) is 18.1 Å². The number of methoxy groups -OCH3 is 1. The van der Waals surface area contributed by atoms with E-state index in [2.05, 4.69) is 11.9 Å². The zero-order chi connectivity index (χ0) is 12.4. The number of anilines is 1. The fourth-order valence-corrected chi connectivity index (χ4v) is 2.48. The van der Waals surface area contributed by atoms with Gasteiger partial charge in [0.1, 0.15) is 5.75 Å². The van der Waals surface area contributed by atoms with E-state index >= 15 is 0 Å². The number of aliphatic hydroxyl groups excluding tert-OH is 1. The second-order valence-corrected chi connectivity index (χ2v) is 4.72. The van der Waals surface area contributed by atoms with E-state index in [1.807, 2.05) is 18.2 Å². The van der Waals surface area contributed by atoms with Gasteiger partial charge in [-0.1, -0.05) is 12.1 Å². The van der Waals surface area contributed by atoms with Gasteiger partial charge in [0.15, 0.2) is 0 Å². The summed E-state index contributed by atoms with van der Waals surface area (Å²) in [6.07, 6.45) is 0.504. The Kier molecular flexibility index (Phi) is 3.54. The molecule has 0 saturated carbocycles. The third-order valence-electron chi connectivity index (χ3n) is 3.51. The Balaban J connectivity index is 2.21. The first-order chi connectivity index (χ1) is 8.13. The number of likely N-dealkylation sites (tertiary alicyclic amines) is 1. The van der Waals surface area contributed by atoms with Gasteiger partial charge in [-0.15, -0.1) is 0 Å². The Morgan fingerprint density at radius 1 is 1.53 bits per heavy atom. The molecule has 2 unspecified atom stereocenters. The van der Waals surface area contributed by atoms with E-state index in [0.717, 1.165) is 25.1 Å². The number of hydrogen-bond acceptors (Lipinski definition) is 4. The third kappa shape index (κ3) is 2.37. The third-order valence-corrected chi connectivity index (χ3v) is 3.51. The molecule has 0 aromatic heterocycles. The molecule has 3 N–H and O–H groups in total. The molecule has 94 valence electrons. The van der Waals surface area contributed by atoms with Gasteiger partial charge in [0.2, 0.25) is 0 Å². The lowest BCUT2D eigenvalue weighted by molar-refractivity contribution is 0.113. The van der Waals surface area contributed by atoms with Crippen LogP contribution in [0.25, 0.3) is 0 Å². The van der Waals surface area contributed by atoms with E-state index in [-0.39, 0.29) is 5.92 Å². The van der Waals surface area contributed by atoms with Crippen LogP contribution in [-0.2, 0) is 0 Å². The molecule has 2 atom stereocenters. The topological polar surface area (TPSA) is 58.7 Å². The maximum atomic E-state index is 10.4. The molecule has 4 nitrogen and oxygen atoms in total. The van der Waals surface area contributed by atoms with Crippen molar-refractivity contribution in [2.75, 3.05) is 33.0 Å². The number of ether oxygens (including phenoxy) is 1. The first-order valence-corrected chi connectivity index (χ1v) is 5.92. The first-order valence-electron chi connectivity index (χ1n) is 5.92. The summed E-state index contributed by atoms with van der Waals surface area (Å²) >= 11 is 0. The summed E-state index contributed by atoms with van der Waals surface area (Å²) in [5.41, 5.74) is 7.33. The van der Waals surface area contributed by atoms with Crippen molar-refractivity contribution in [1.82, 2.24) is 4.90 Å². The molecule has 0 aliphatic carbocycles. The van der Waals surface area contributed by atoms with Gasteiger partial charge in [-0.05, 0) is 26.1 Å². The molecule has 1 fully saturated rings. The average Bonchev–Trinajstić information content (AvgIpc) is 2.75. The van der Waals surface area contributed by atoms with E-state index in [1.165, 1.54) is 0 Å². The van der Waals surface area contributed by atoms with Crippen LogP contribution in [-0.4, -0.2) is 37.3 Å². The number of nitrogen functional groups attached to an aromatic ring is 1. The standard InChI is InChI=1S/C13H20N2O2/c1-15-7-6-9(8-15)13(16)10-4-3-5-11(17-2)12(10)14/h3-5,9,13,16H,6-8,14H2,1-2H3. The van der Waals surface area contributed by atoms with Gasteiger partial charge in [0.05, 0.1) is 18.9 Å². The fourth-order valence-electron chi connectivity index (χ4n) is 2.48. The van der Waals surface area contributed by atoms with E-state index in [1.54, 1.807) is 7.11 Å². The summed E-state index contributed by atoms with van der Waals surface area (Å²) in [5, 5.41) is 10.4. The fraction of sp³-hybridized carbons (Fsp3) is 0.538. The SMILES string of the molecule is COc1cccc(C(O)C2CCN(C)C2)c1N. The van der Waals surface area contributed by atoms with Crippen LogP contribution in [0.4, 0.5) is 5.69 Å². The Hall–Kier alpha value is -1.26. The van der Waals surface area contributed by atoms with Gasteiger partial charge in [-0.25, -0.2) is 0 Å². The predicted octanol–water partition coefficient (Wildman–Crippen LogP) is 1.26. The smallest absolute Gasteiger partial charge is 0.142 e. The number of rotatable bonds is 3. The average molecular weight is 236 g/mol. The number of hydrogen-bond donors (Lipinski definition) is 2. The summed E-state index contributed by atoms with van der Waals surface area (Å²) in [5.74, 6) is 0.891. The van der Waals surface area contributed by atoms with Crippen molar-refractivity contribution >= 4 is 5.69 Å². The minimum Gasteiger partial charge on any atom is -0.495 e. The largest absolute Gasteiger partial charge is 0.495 e. The number of aliphatic hydroxyl groups is 1. The molecule has 1 heterocycles. The van der Waals surface area contributed by atoms with Crippen molar-refractivity contribution in [2.45, 2.75) is 12.5 Å². The summed E-state index contributed by atoms with van der Waals surface area (Å²) < 4.78 is 5.17. The van der Waals surface area contributed by atoms with Crippen molar-refractivity contribution in [3.63, 3.8) is 0 Å². The molecule has 17 heavy (non-hydrogen) atoms. The van der Waals surface area contributed by atoms with Crippen molar-refractivity contribution in [3.05, 3.63) is 23.8 Å². The maximum absolute atomic E-state index is 10.4. The molecule has 1 aliphatic heterocycles. The summed E-state index contributed by atoms with van der Waals surface area (Å²) in [6.45, 7) is 1.95. The highest BCUT2D eigenvalue weighted by atomic mass is 16.5. The number of para-hydroxylation sites is 1. The van der Waals surface area contributed by atoms with E-state index in [9.17, 15) is 5.11 Å². The van der Waals surface area contributed by atoms with Gasteiger partial charge in [0.25, 0.3) is 0 Å². The van der Waals surface area contributed by atoms with Crippen LogP contribution >= 0.6 is 0 Å². The van der Waals surface area contributed by atoms with E-state index < -0.39 is 6.10 Å². The molecular weight excluding hydrogens is 216 g/mol. The van der Waals surface area contributed by atoms with Crippen molar-refractivity contribution in [2.24, 2.45) is 5.92 Å². The summed E-state index contributed by atoms with van der Waals surface area (Å²) in [4.78, 5) is 2.23. The molecule has 1 aliphatic rings. The lowest BCUT2D eigenvalue weighted by Crippen LogP contribution is -2.19. The van der Waals surface area contributed by atoms with Crippen LogP contribution in [0.15, 0.2) is 18.2 Å². The molecule has 4 heteroatoms. The Morgan fingerprint density at radius 2 is 2.29 bits per heavy atom. The highest BCUT2D eigenvalue weighted by Gasteiger charge is 2.29. The van der Waals surface area contributed by atoms with Crippen LogP contribution < -0.4 is 10.5 Å². The molecule has 0 bridgehead atoms. The van der Waals surface area contributed by atoms with Gasteiger partial charge in [0, 0.05) is 18.0 Å². The van der Waals surface area contributed by atoms with E-state index in [4.69, 9.17) is 10.5 Å². The lowest BCUT2D eigenvalue weighted by Gasteiger charge is -2.21. The molecule has 1 aromatic carbocycles. The molecule has 1 saturated heterocycles. The molecule has 2 rings (SSSR count). The molecule has 1 aromatic rings. The highest BCUT2D eigenvalue weighted by molar-refractivity contribution is 5.59.